The second kappa shape index (κ2) is 10.1. The van der Waals surface area contributed by atoms with E-state index in [9.17, 15) is 4.79 Å². The Morgan fingerprint density at radius 2 is 2.00 bits per heavy atom. The van der Waals surface area contributed by atoms with E-state index >= 15 is 0 Å². The SMILES string of the molecule is C#Cc1cccc(NC(=O)CNC(=NC)NCCc2ccccc2Cl)c1. The first-order valence-electron chi connectivity index (χ1n) is 8.17. The van der Waals surface area contributed by atoms with Crippen LogP contribution >= 0.6 is 11.6 Å². The Balaban J connectivity index is 1.76. The van der Waals surface area contributed by atoms with E-state index in [1.165, 1.54) is 0 Å². The second-order valence-electron chi connectivity index (χ2n) is 5.47. The van der Waals surface area contributed by atoms with Gasteiger partial charge in [0.25, 0.3) is 0 Å². The number of carbonyl (C=O) groups is 1. The van der Waals surface area contributed by atoms with E-state index in [0.29, 0.717) is 23.8 Å². The molecule has 0 aliphatic carbocycles. The molecular weight excluding hydrogens is 348 g/mol. The number of nitrogens with one attached hydrogen (secondary N) is 3. The first-order valence-corrected chi connectivity index (χ1v) is 8.54. The molecule has 0 unspecified atom stereocenters. The van der Waals surface area contributed by atoms with Crippen LogP contribution in [0.5, 0.6) is 0 Å². The molecule has 0 bridgehead atoms. The van der Waals surface area contributed by atoms with Gasteiger partial charge in [-0.15, -0.1) is 6.42 Å². The average Bonchev–Trinajstić information content (AvgIpc) is 2.66. The van der Waals surface area contributed by atoms with Crippen LogP contribution in [-0.4, -0.2) is 32.0 Å². The normalized spacial score (nSPS) is 10.7. The van der Waals surface area contributed by atoms with Gasteiger partial charge in [-0.1, -0.05) is 41.8 Å². The number of terminal acetylenes is 1. The molecule has 0 aliphatic rings. The Hall–Kier alpha value is -2.97. The molecule has 0 aliphatic heterocycles. The predicted octanol–water partition coefficient (Wildman–Crippen LogP) is 2.67. The number of carbonyl (C=O) groups excluding carboxylic acids is 1. The third-order valence-electron chi connectivity index (χ3n) is 3.60. The van der Waals surface area contributed by atoms with Crippen molar-refractivity contribution in [3.05, 3.63) is 64.7 Å². The van der Waals surface area contributed by atoms with Crippen molar-refractivity contribution in [2.24, 2.45) is 4.99 Å². The van der Waals surface area contributed by atoms with Crippen LogP contribution in [0.1, 0.15) is 11.1 Å². The lowest BCUT2D eigenvalue weighted by Gasteiger charge is -2.12. The van der Waals surface area contributed by atoms with Crippen molar-refractivity contribution in [2.45, 2.75) is 6.42 Å². The highest BCUT2D eigenvalue weighted by Gasteiger charge is 2.05. The number of guanidine groups is 1. The van der Waals surface area contributed by atoms with Crippen molar-refractivity contribution >= 4 is 29.2 Å². The number of hydrogen-bond acceptors (Lipinski definition) is 2. The highest BCUT2D eigenvalue weighted by atomic mass is 35.5. The van der Waals surface area contributed by atoms with Crippen LogP contribution in [0.25, 0.3) is 0 Å². The lowest BCUT2D eigenvalue weighted by Crippen LogP contribution is -2.42. The summed E-state index contributed by atoms with van der Waals surface area (Å²) in [6, 6.07) is 14.8. The zero-order valence-electron chi connectivity index (χ0n) is 14.6. The summed E-state index contributed by atoms with van der Waals surface area (Å²) in [5, 5.41) is 9.66. The number of amides is 1. The monoisotopic (exact) mass is 368 g/mol. The molecule has 2 aromatic rings. The zero-order chi connectivity index (χ0) is 18.8. The van der Waals surface area contributed by atoms with E-state index in [1.807, 2.05) is 24.3 Å². The number of nitrogens with zero attached hydrogens (tertiary/aromatic N) is 1. The van der Waals surface area contributed by atoms with Gasteiger partial charge in [0.2, 0.25) is 5.91 Å². The summed E-state index contributed by atoms with van der Waals surface area (Å²) in [5.41, 5.74) is 2.44. The molecule has 0 heterocycles. The number of anilines is 1. The molecule has 0 fully saturated rings. The zero-order valence-corrected chi connectivity index (χ0v) is 15.3. The van der Waals surface area contributed by atoms with E-state index in [0.717, 1.165) is 17.0 Å². The van der Waals surface area contributed by atoms with Crippen molar-refractivity contribution in [3.8, 4) is 12.3 Å². The van der Waals surface area contributed by atoms with E-state index in [-0.39, 0.29) is 12.5 Å². The van der Waals surface area contributed by atoms with E-state index < -0.39 is 0 Å². The Morgan fingerprint density at radius 3 is 2.73 bits per heavy atom. The van der Waals surface area contributed by atoms with Crippen LogP contribution in [0.3, 0.4) is 0 Å². The van der Waals surface area contributed by atoms with Crippen LogP contribution in [0.15, 0.2) is 53.5 Å². The van der Waals surface area contributed by atoms with Crippen LogP contribution < -0.4 is 16.0 Å². The molecule has 5 nitrogen and oxygen atoms in total. The highest BCUT2D eigenvalue weighted by Crippen LogP contribution is 2.14. The Bertz CT molecular complexity index is 827. The number of aliphatic imine (C=N–C) groups is 1. The smallest absolute Gasteiger partial charge is 0.243 e. The molecule has 0 radical (unpaired) electrons. The molecule has 2 rings (SSSR count). The van der Waals surface area contributed by atoms with Gasteiger partial charge in [0.15, 0.2) is 5.96 Å². The van der Waals surface area contributed by atoms with Gasteiger partial charge in [0.1, 0.15) is 0 Å². The lowest BCUT2D eigenvalue weighted by molar-refractivity contribution is -0.115. The van der Waals surface area contributed by atoms with Crippen LogP contribution in [0.2, 0.25) is 5.02 Å². The molecule has 0 saturated carbocycles. The largest absolute Gasteiger partial charge is 0.356 e. The molecule has 1 amide bonds. The maximum absolute atomic E-state index is 12.0. The summed E-state index contributed by atoms with van der Waals surface area (Å²) in [5.74, 6) is 2.89. The van der Waals surface area contributed by atoms with Gasteiger partial charge >= 0.3 is 0 Å². The maximum Gasteiger partial charge on any atom is 0.243 e. The van der Waals surface area contributed by atoms with Crippen LogP contribution in [0.4, 0.5) is 5.69 Å². The Morgan fingerprint density at radius 1 is 1.19 bits per heavy atom. The summed E-state index contributed by atoms with van der Waals surface area (Å²) in [6.45, 7) is 0.737. The lowest BCUT2D eigenvalue weighted by atomic mass is 10.1. The summed E-state index contributed by atoms with van der Waals surface area (Å²) in [7, 11) is 1.65. The minimum Gasteiger partial charge on any atom is -0.356 e. The summed E-state index contributed by atoms with van der Waals surface area (Å²) in [4.78, 5) is 16.1. The molecule has 26 heavy (non-hydrogen) atoms. The molecule has 6 heteroatoms. The number of benzene rings is 2. The molecule has 0 saturated heterocycles. The first-order chi connectivity index (χ1) is 12.6. The third-order valence-corrected chi connectivity index (χ3v) is 3.97. The van der Waals surface area contributed by atoms with Crippen molar-refractivity contribution < 1.29 is 4.79 Å². The van der Waals surface area contributed by atoms with Gasteiger partial charge in [-0.25, -0.2) is 0 Å². The van der Waals surface area contributed by atoms with Crippen LogP contribution in [0, 0.1) is 12.3 Å². The molecule has 134 valence electrons. The Labute approximate surface area is 158 Å². The molecular formula is C20H21ClN4O. The Kier molecular flexibility index (Phi) is 7.53. The van der Waals surface area contributed by atoms with Gasteiger partial charge in [-0.2, -0.15) is 0 Å². The summed E-state index contributed by atoms with van der Waals surface area (Å²) < 4.78 is 0. The van der Waals surface area contributed by atoms with Gasteiger partial charge in [-0.05, 0) is 36.2 Å². The van der Waals surface area contributed by atoms with Crippen LogP contribution in [-0.2, 0) is 11.2 Å². The van der Waals surface area contributed by atoms with E-state index in [1.54, 1.807) is 31.3 Å². The molecule has 0 atom stereocenters. The van der Waals surface area contributed by atoms with Gasteiger partial charge in [0.05, 0.1) is 6.54 Å². The predicted molar refractivity (Wildman–Crippen MR) is 108 cm³/mol. The standard InChI is InChI=1S/C20H21ClN4O/c1-3-15-7-6-9-17(13-15)25-19(26)14-24-20(22-2)23-12-11-16-8-4-5-10-18(16)21/h1,4-10,13H,11-12,14H2,2H3,(H,25,26)(H2,22,23,24). The summed E-state index contributed by atoms with van der Waals surface area (Å²) in [6.07, 6.45) is 6.11. The van der Waals surface area contributed by atoms with Crippen molar-refractivity contribution in [1.29, 1.82) is 0 Å². The van der Waals surface area contributed by atoms with Crippen molar-refractivity contribution in [1.82, 2.24) is 10.6 Å². The number of hydrogen-bond donors (Lipinski definition) is 3. The fourth-order valence-corrected chi connectivity index (χ4v) is 2.52. The fraction of sp³-hybridized carbons (Fsp3) is 0.200. The minimum atomic E-state index is -0.187. The summed E-state index contributed by atoms with van der Waals surface area (Å²) >= 11 is 6.14. The van der Waals surface area contributed by atoms with Gasteiger partial charge in [0, 0.05) is 29.9 Å². The number of rotatable bonds is 6. The average molecular weight is 369 g/mol. The quantitative estimate of drug-likeness (QED) is 0.417. The van der Waals surface area contributed by atoms with E-state index in [2.05, 4.69) is 26.9 Å². The molecule has 0 spiro atoms. The second-order valence-corrected chi connectivity index (χ2v) is 5.87. The topological polar surface area (TPSA) is 65.5 Å². The van der Waals surface area contributed by atoms with Crippen molar-refractivity contribution in [2.75, 3.05) is 25.5 Å². The minimum absolute atomic E-state index is 0.0893. The van der Waals surface area contributed by atoms with E-state index in [4.69, 9.17) is 18.0 Å². The highest BCUT2D eigenvalue weighted by molar-refractivity contribution is 6.31. The molecule has 3 N–H and O–H groups in total. The first kappa shape index (κ1) is 19.4. The molecule has 2 aromatic carbocycles. The third kappa shape index (κ3) is 6.15. The van der Waals surface area contributed by atoms with Gasteiger partial charge in [-0.3, -0.25) is 9.79 Å². The molecule has 0 aromatic heterocycles. The van der Waals surface area contributed by atoms with Gasteiger partial charge < -0.3 is 16.0 Å². The fourth-order valence-electron chi connectivity index (χ4n) is 2.29. The maximum atomic E-state index is 12.0. The number of halogens is 1. The van der Waals surface area contributed by atoms with Crippen molar-refractivity contribution in [3.63, 3.8) is 0 Å².